The van der Waals surface area contributed by atoms with Crippen LogP contribution in [0.1, 0.15) is 60.2 Å². The Labute approximate surface area is 170 Å². The number of rotatable bonds is 4. The molecule has 7 heteroatoms. The molecule has 0 fully saturated rings. The third kappa shape index (κ3) is 4.13. The van der Waals surface area contributed by atoms with Crippen LogP contribution >= 0.6 is 0 Å². The van der Waals surface area contributed by atoms with Gasteiger partial charge >= 0.3 is 0 Å². The van der Waals surface area contributed by atoms with Crippen molar-refractivity contribution in [2.24, 2.45) is 5.10 Å². The van der Waals surface area contributed by atoms with Gasteiger partial charge < -0.3 is 4.90 Å². The standard InChI is InChI=1S/C22H26N4O3/c1-14-10-20-19(15(2)12-22(3,4)25(20)5)11-17(14)13-23-24-21(27)16-6-8-18(9-7-16)26(28)29/h6-11,13,15H,12H2,1-5H3,(H,24,27)/b23-13-/t15-/m0/s1. The Morgan fingerprint density at radius 2 is 1.97 bits per heavy atom. The van der Waals surface area contributed by atoms with Gasteiger partial charge in [0.2, 0.25) is 0 Å². The average molecular weight is 394 g/mol. The van der Waals surface area contributed by atoms with E-state index in [4.69, 9.17) is 0 Å². The fourth-order valence-corrected chi connectivity index (χ4v) is 3.83. The monoisotopic (exact) mass is 394 g/mol. The largest absolute Gasteiger partial charge is 0.369 e. The predicted octanol–water partition coefficient (Wildman–Crippen LogP) is 4.39. The number of carbonyl (C=O) groups is 1. The van der Waals surface area contributed by atoms with Gasteiger partial charge in [-0.3, -0.25) is 14.9 Å². The molecule has 0 unspecified atom stereocenters. The zero-order chi connectivity index (χ0) is 21.3. The van der Waals surface area contributed by atoms with E-state index in [1.165, 1.54) is 35.5 Å². The van der Waals surface area contributed by atoms with E-state index in [1.807, 2.05) is 6.92 Å². The summed E-state index contributed by atoms with van der Waals surface area (Å²) in [5.74, 6) is 0.0141. The van der Waals surface area contributed by atoms with Crippen LogP contribution in [0.3, 0.4) is 0 Å². The summed E-state index contributed by atoms with van der Waals surface area (Å²) in [7, 11) is 2.13. The number of aryl methyl sites for hydroxylation is 1. The van der Waals surface area contributed by atoms with E-state index in [9.17, 15) is 14.9 Å². The lowest BCUT2D eigenvalue weighted by Crippen LogP contribution is -2.45. The number of nitrogens with zero attached hydrogens (tertiary/aromatic N) is 3. The van der Waals surface area contributed by atoms with Gasteiger partial charge in [0.1, 0.15) is 0 Å². The highest BCUT2D eigenvalue weighted by molar-refractivity contribution is 5.95. The van der Waals surface area contributed by atoms with Crippen LogP contribution in [0, 0.1) is 17.0 Å². The predicted molar refractivity (Wildman–Crippen MR) is 115 cm³/mol. The van der Waals surface area contributed by atoms with Crippen molar-refractivity contribution in [3.05, 3.63) is 68.8 Å². The van der Waals surface area contributed by atoms with Crippen LogP contribution in [-0.4, -0.2) is 29.6 Å². The second-order valence-corrected chi connectivity index (χ2v) is 8.25. The number of amides is 1. The third-order valence-corrected chi connectivity index (χ3v) is 5.73. The van der Waals surface area contributed by atoms with Gasteiger partial charge in [0.25, 0.3) is 11.6 Å². The number of hydrogen-bond donors (Lipinski definition) is 1. The Hall–Kier alpha value is -3.22. The molecule has 1 aliphatic rings. The maximum atomic E-state index is 12.2. The second kappa shape index (κ2) is 7.66. The van der Waals surface area contributed by atoms with Crippen LogP contribution in [0.5, 0.6) is 0 Å². The first kappa shape index (κ1) is 20.5. The minimum absolute atomic E-state index is 0.0583. The molecule has 0 saturated carbocycles. The second-order valence-electron chi connectivity index (χ2n) is 8.25. The van der Waals surface area contributed by atoms with Crippen LogP contribution < -0.4 is 10.3 Å². The van der Waals surface area contributed by atoms with E-state index in [0.717, 1.165) is 17.5 Å². The Bertz CT molecular complexity index is 980. The molecule has 1 heterocycles. The summed E-state index contributed by atoms with van der Waals surface area (Å²) in [5.41, 5.74) is 7.39. The van der Waals surface area contributed by atoms with Crippen LogP contribution in [0.15, 0.2) is 41.5 Å². The first-order chi connectivity index (χ1) is 13.6. The van der Waals surface area contributed by atoms with Crippen molar-refractivity contribution in [3.8, 4) is 0 Å². The Balaban J connectivity index is 1.77. The van der Waals surface area contributed by atoms with Gasteiger partial charge in [0, 0.05) is 36.0 Å². The summed E-state index contributed by atoms with van der Waals surface area (Å²) in [6.07, 6.45) is 2.71. The molecule has 1 amide bonds. The van der Waals surface area contributed by atoms with E-state index in [0.29, 0.717) is 11.5 Å². The molecule has 0 aromatic heterocycles. The van der Waals surface area contributed by atoms with Gasteiger partial charge in [-0.2, -0.15) is 5.10 Å². The third-order valence-electron chi connectivity index (χ3n) is 5.73. The summed E-state index contributed by atoms with van der Waals surface area (Å²) in [5, 5.41) is 14.8. The van der Waals surface area contributed by atoms with Crippen molar-refractivity contribution >= 4 is 23.5 Å². The van der Waals surface area contributed by atoms with Crippen molar-refractivity contribution in [3.63, 3.8) is 0 Å². The smallest absolute Gasteiger partial charge is 0.271 e. The van der Waals surface area contributed by atoms with E-state index in [-0.39, 0.29) is 11.2 Å². The first-order valence-electron chi connectivity index (χ1n) is 9.56. The van der Waals surface area contributed by atoms with Crippen molar-refractivity contribution < 1.29 is 9.72 Å². The number of anilines is 1. The summed E-state index contributed by atoms with van der Waals surface area (Å²) in [6.45, 7) is 8.77. The molecule has 7 nitrogen and oxygen atoms in total. The van der Waals surface area contributed by atoms with E-state index >= 15 is 0 Å². The first-order valence-corrected chi connectivity index (χ1v) is 9.56. The molecule has 1 atom stereocenters. The Kier molecular flexibility index (Phi) is 5.42. The van der Waals surface area contributed by atoms with Crippen molar-refractivity contribution in [1.82, 2.24) is 5.43 Å². The minimum atomic E-state index is -0.502. The molecular formula is C22H26N4O3. The lowest BCUT2D eigenvalue weighted by atomic mass is 9.79. The lowest BCUT2D eigenvalue weighted by molar-refractivity contribution is -0.384. The average Bonchev–Trinajstić information content (AvgIpc) is 2.66. The van der Waals surface area contributed by atoms with Gasteiger partial charge in [-0.25, -0.2) is 5.43 Å². The fourth-order valence-electron chi connectivity index (χ4n) is 3.83. The topological polar surface area (TPSA) is 87.8 Å². The molecule has 0 aliphatic carbocycles. The van der Waals surface area contributed by atoms with Gasteiger partial charge in [-0.1, -0.05) is 6.92 Å². The van der Waals surface area contributed by atoms with Crippen LogP contribution in [0.4, 0.5) is 11.4 Å². The maximum Gasteiger partial charge on any atom is 0.271 e. The normalized spacial score (nSPS) is 17.8. The molecule has 2 aromatic carbocycles. The molecule has 1 N–H and O–H groups in total. The molecule has 0 radical (unpaired) electrons. The number of nitrogens with one attached hydrogen (secondary N) is 1. The molecule has 0 saturated heterocycles. The van der Waals surface area contributed by atoms with Crippen LogP contribution in [0.25, 0.3) is 0 Å². The van der Waals surface area contributed by atoms with Crippen molar-refractivity contribution in [2.75, 3.05) is 11.9 Å². The number of hydrogen-bond acceptors (Lipinski definition) is 5. The fraction of sp³-hybridized carbons (Fsp3) is 0.364. The van der Waals surface area contributed by atoms with Gasteiger partial charge in [-0.15, -0.1) is 0 Å². The number of fused-ring (bicyclic) bond motifs is 1. The van der Waals surface area contributed by atoms with Crippen LogP contribution in [0.2, 0.25) is 0 Å². The van der Waals surface area contributed by atoms with Gasteiger partial charge in [0.15, 0.2) is 0 Å². The molecule has 2 aromatic rings. The summed E-state index contributed by atoms with van der Waals surface area (Å²) in [4.78, 5) is 24.7. The molecule has 152 valence electrons. The van der Waals surface area contributed by atoms with Crippen LogP contribution in [-0.2, 0) is 0 Å². The highest BCUT2D eigenvalue weighted by atomic mass is 16.6. The minimum Gasteiger partial charge on any atom is -0.369 e. The SMILES string of the molecule is Cc1cc2c(cc1/C=N\NC(=O)c1ccc([N+](=O)[O-])cc1)[C@@H](C)CC(C)(C)N2C. The number of non-ortho nitro benzene ring substituents is 1. The highest BCUT2D eigenvalue weighted by Crippen LogP contribution is 2.43. The number of nitro groups is 1. The molecule has 29 heavy (non-hydrogen) atoms. The van der Waals surface area contributed by atoms with E-state index in [1.54, 1.807) is 6.21 Å². The molecule has 0 bridgehead atoms. The molecule has 0 spiro atoms. The highest BCUT2D eigenvalue weighted by Gasteiger charge is 2.34. The number of nitro benzene ring substituents is 1. The lowest BCUT2D eigenvalue weighted by Gasteiger charge is -2.45. The summed E-state index contributed by atoms with van der Waals surface area (Å²) < 4.78 is 0. The summed E-state index contributed by atoms with van der Waals surface area (Å²) >= 11 is 0. The van der Waals surface area contributed by atoms with E-state index in [2.05, 4.69) is 55.4 Å². The summed E-state index contributed by atoms with van der Waals surface area (Å²) in [6, 6.07) is 9.73. The maximum absolute atomic E-state index is 12.2. The van der Waals surface area contributed by atoms with Gasteiger partial charge in [0.05, 0.1) is 11.1 Å². The Morgan fingerprint density at radius 1 is 1.31 bits per heavy atom. The number of carbonyl (C=O) groups excluding carboxylic acids is 1. The van der Waals surface area contributed by atoms with Crippen molar-refractivity contribution in [1.29, 1.82) is 0 Å². The Morgan fingerprint density at radius 3 is 2.59 bits per heavy atom. The molecule has 1 aliphatic heterocycles. The zero-order valence-corrected chi connectivity index (χ0v) is 17.4. The molecule has 3 rings (SSSR count). The van der Waals surface area contributed by atoms with Gasteiger partial charge in [-0.05, 0) is 74.1 Å². The quantitative estimate of drug-likeness (QED) is 0.473. The number of benzene rings is 2. The number of hydrazone groups is 1. The molecular weight excluding hydrogens is 368 g/mol. The van der Waals surface area contributed by atoms with Crippen molar-refractivity contribution in [2.45, 2.75) is 45.6 Å². The zero-order valence-electron chi connectivity index (χ0n) is 17.4. The van der Waals surface area contributed by atoms with E-state index < -0.39 is 10.8 Å².